The van der Waals surface area contributed by atoms with Gasteiger partial charge in [-0.25, -0.2) is 0 Å². The van der Waals surface area contributed by atoms with Gasteiger partial charge in [-0.3, -0.25) is 4.79 Å². The van der Waals surface area contributed by atoms with Crippen LogP contribution in [0.2, 0.25) is 0 Å². The first kappa shape index (κ1) is 15.4. The molecule has 4 heteroatoms. The topological polar surface area (TPSA) is 55.8 Å². The van der Waals surface area contributed by atoms with E-state index in [9.17, 15) is 4.79 Å². The highest BCUT2D eigenvalue weighted by atomic mass is 16.7. The molecule has 0 aliphatic heterocycles. The molecule has 0 bridgehead atoms. The summed E-state index contributed by atoms with van der Waals surface area (Å²) in [5.74, 6) is -1.85. The van der Waals surface area contributed by atoms with Crippen molar-refractivity contribution in [2.45, 2.75) is 5.79 Å². The largest absolute Gasteiger partial charge is 0.394 e. The minimum atomic E-state index is -1.55. The molecule has 2 rings (SSSR count). The molecule has 0 saturated carbocycles. The fourth-order valence-corrected chi connectivity index (χ4v) is 2.18. The number of aliphatic hydroxyl groups is 1. The van der Waals surface area contributed by atoms with Gasteiger partial charge >= 0.3 is 0 Å². The Morgan fingerprint density at radius 1 is 1.05 bits per heavy atom. The molecule has 0 aliphatic rings. The Morgan fingerprint density at radius 2 is 1.62 bits per heavy atom. The van der Waals surface area contributed by atoms with Crippen molar-refractivity contribution in [2.75, 3.05) is 20.3 Å². The molecular weight excluding hydrogens is 268 g/mol. The maximum absolute atomic E-state index is 12.9. The second kappa shape index (κ2) is 7.13. The quantitative estimate of drug-likeness (QED) is 0.627. The third kappa shape index (κ3) is 3.19. The van der Waals surface area contributed by atoms with E-state index < -0.39 is 5.79 Å². The predicted octanol–water partition coefficient (Wildman–Crippen LogP) is 2.38. The number of methoxy groups -OCH3 is 1. The first-order valence-corrected chi connectivity index (χ1v) is 6.70. The van der Waals surface area contributed by atoms with Crippen molar-refractivity contribution in [1.29, 1.82) is 0 Å². The summed E-state index contributed by atoms with van der Waals surface area (Å²) in [5.41, 5.74) is 1.08. The zero-order valence-electron chi connectivity index (χ0n) is 11.9. The van der Waals surface area contributed by atoms with Crippen LogP contribution in [-0.2, 0) is 15.3 Å². The second-order valence-electron chi connectivity index (χ2n) is 4.45. The highest BCUT2D eigenvalue weighted by molar-refractivity contribution is 6.02. The number of benzene rings is 2. The van der Waals surface area contributed by atoms with Gasteiger partial charge in [-0.1, -0.05) is 60.7 Å². The lowest BCUT2D eigenvalue weighted by Gasteiger charge is -2.31. The molecule has 0 radical (unpaired) electrons. The fourth-order valence-electron chi connectivity index (χ4n) is 2.18. The van der Waals surface area contributed by atoms with Gasteiger partial charge in [0.2, 0.25) is 5.78 Å². The third-order valence-electron chi connectivity index (χ3n) is 3.17. The van der Waals surface area contributed by atoms with Crippen molar-refractivity contribution < 1.29 is 19.4 Å². The Hall–Kier alpha value is -2.01. The molecule has 0 amide bonds. The lowest BCUT2D eigenvalue weighted by molar-refractivity contribution is -0.197. The Morgan fingerprint density at radius 3 is 2.14 bits per heavy atom. The SMILES string of the molecule is COC(OCCO)(C(=O)c1ccccc1)c1ccccc1. The van der Waals surface area contributed by atoms with Crippen LogP contribution in [0.4, 0.5) is 0 Å². The van der Waals surface area contributed by atoms with Gasteiger partial charge < -0.3 is 14.6 Å². The number of rotatable bonds is 7. The number of aliphatic hydroxyl groups excluding tert-OH is 1. The van der Waals surface area contributed by atoms with Crippen LogP contribution in [-0.4, -0.2) is 31.2 Å². The van der Waals surface area contributed by atoms with Crippen LogP contribution in [0.1, 0.15) is 15.9 Å². The van der Waals surface area contributed by atoms with Gasteiger partial charge in [0.1, 0.15) is 0 Å². The number of hydrogen-bond donors (Lipinski definition) is 1. The minimum absolute atomic E-state index is 0.00130. The molecule has 2 aromatic carbocycles. The van der Waals surface area contributed by atoms with Crippen LogP contribution in [0, 0.1) is 0 Å². The molecule has 0 saturated heterocycles. The van der Waals surface area contributed by atoms with Gasteiger partial charge in [0.05, 0.1) is 13.2 Å². The number of carbonyl (C=O) groups is 1. The van der Waals surface area contributed by atoms with Crippen molar-refractivity contribution in [1.82, 2.24) is 0 Å². The van der Waals surface area contributed by atoms with E-state index in [4.69, 9.17) is 14.6 Å². The minimum Gasteiger partial charge on any atom is -0.394 e. The summed E-state index contributed by atoms with van der Waals surface area (Å²) in [4.78, 5) is 12.9. The molecule has 2 aromatic rings. The average Bonchev–Trinajstić information content (AvgIpc) is 2.57. The second-order valence-corrected chi connectivity index (χ2v) is 4.45. The molecule has 0 aromatic heterocycles. The van der Waals surface area contributed by atoms with Crippen molar-refractivity contribution in [2.24, 2.45) is 0 Å². The molecule has 0 heterocycles. The monoisotopic (exact) mass is 286 g/mol. The number of carbonyl (C=O) groups excluding carboxylic acids is 1. The summed E-state index contributed by atoms with van der Waals surface area (Å²) in [7, 11) is 1.42. The Bertz CT molecular complexity index is 568. The maximum Gasteiger partial charge on any atom is 0.261 e. The van der Waals surface area contributed by atoms with Crippen LogP contribution >= 0.6 is 0 Å². The molecule has 1 atom stereocenters. The highest BCUT2D eigenvalue weighted by Crippen LogP contribution is 2.31. The van der Waals surface area contributed by atoms with Crippen molar-refractivity contribution in [3.05, 3.63) is 71.8 Å². The smallest absolute Gasteiger partial charge is 0.261 e. The average molecular weight is 286 g/mol. The van der Waals surface area contributed by atoms with E-state index in [0.29, 0.717) is 11.1 Å². The van der Waals surface area contributed by atoms with Crippen molar-refractivity contribution in [3.63, 3.8) is 0 Å². The molecule has 21 heavy (non-hydrogen) atoms. The van der Waals surface area contributed by atoms with Gasteiger partial charge in [0.15, 0.2) is 0 Å². The van der Waals surface area contributed by atoms with Crippen LogP contribution < -0.4 is 0 Å². The van der Waals surface area contributed by atoms with Gasteiger partial charge in [-0.05, 0) is 0 Å². The molecule has 1 unspecified atom stereocenters. The van der Waals surface area contributed by atoms with Crippen LogP contribution in [0.5, 0.6) is 0 Å². The number of hydrogen-bond acceptors (Lipinski definition) is 4. The summed E-state index contributed by atoms with van der Waals surface area (Å²) < 4.78 is 11.1. The van der Waals surface area contributed by atoms with Crippen LogP contribution in [0.15, 0.2) is 60.7 Å². The summed E-state index contributed by atoms with van der Waals surface area (Å²) in [5, 5.41) is 9.03. The van der Waals surface area contributed by atoms with Gasteiger partial charge in [0.25, 0.3) is 5.79 Å². The van der Waals surface area contributed by atoms with Crippen LogP contribution in [0.3, 0.4) is 0 Å². The predicted molar refractivity (Wildman–Crippen MR) is 78.9 cm³/mol. The summed E-state index contributed by atoms with van der Waals surface area (Å²) in [6.07, 6.45) is 0. The van der Waals surface area contributed by atoms with Crippen LogP contribution in [0.25, 0.3) is 0 Å². The van der Waals surface area contributed by atoms with E-state index in [1.54, 1.807) is 36.4 Å². The van der Waals surface area contributed by atoms with E-state index in [0.717, 1.165) is 0 Å². The van der Waals surface area contributed by atoms with E-state index >= 15 is 0 Å². The molecule has 1 N–H and O–H groups in total. The standard InChI is InChI=1S/C17H18O4/c1-20-17(21-13-12-18,15-10-6-3-7-11-15)16(19)14-8-4-2-5-9-14/h2-11,18H,12-13H2,1H3. The van der Waals surface area contributed by atoms with Crippen molar-refractivity contribution in [3.8, 4) is 0 Å². The lowest BCUT2D eigenvalue weighted by Crippen LogP contribution is -2.41. The van der Waals surface area contributed by atoms with Gasteiger partial charge in [-0.2, -0.15) is 0 Å². The van der Waals surface area contributed by atoms with Gasteiger partial charge in [0, 0.05) is 18.2 Å². The molecule has 4 nitrogen and oxygen atoms in total. The highest BCUT2D eigenvalue weighted by Gasteiger charge is 2.42. The zero-order valence-corrected chi connectivity index (χ0v) is 11.9. The summed E-state index contributed by atoms with van der Waals surface area (Å²) in [6.45, 7) is -0.193. The molecule has 110 valence electrons. The number of ether oxygens (including phenoxy) is 2. The molecule has 0 aliphatic carbocycles. The first-order valence-electron chi connectivity index (χ1n) is 6.70. The molecule has 0 spiro atoms. The fraction of sp³-hybridized carbons (Fsp3) is 0.235. The van der Waals surface area contributed by atoms with E-state index in [1.807, 2.05) is 24.3 Å². The zero-order chi connectivity index (χ0) is 15.1. The normalized spacial score (nSPS) is 13.6. The van der Waals surface area contributed by atoms with E-state index in [2.05, 4.69) is 0 Å². The Kier molecular flexibility index (Phi) is 5.22. The molecule has 0 fully saturated rings. The third-order valence-corrected chi connectivity index (χ3v) is 3.17. The number of Topliss-reactive ketones (excluding diaryl/α,β-unsaturated/α-hetero) is 1. The first-order chi connectivity index (χ1) is 10.2. The number of ketones is 1. The molecular formula is C17H18O4. The summed E-state index contributed by atoms with van der Waals surface area (Å²) >= 11 is 0. The Labute approximate surface area is 123 Å². The Balaban J connectivity index is 2.47. The summed E-state index contributed by atoms with van der Waals surface area (Å²) in [6, 6.07) is 17.8. The lowest BCUT2D eigenvalue weighted by atomic mass is 9.96. The maximum atomic E-state index is 12.9. The van der Waals surface area contributed by atoms with Gasteiger partial charge in [-0.15, -0.1) is 0 Å². The van der Waals surface area contributed by atoms with E-state index in [1.165, 1.54) is 7.11 Å². The van der Waals surface area contributed by atoms with Crippen molar-refractivity contribution >= 4 is 5.78 Å². The van der Waals surface area contributed by atoms with E-state index in [-0.39, 0.29) is 19.0 Å².